The van der Waals surface area contributed by atoms with Gasteiger partial charge in [0.25, 0.3) is 0 Å². The van der Waals surface area contributed by atoms with Gasteiger partial charge in [-0.05, 0) is 114 Å². The smallest absolute Gasteiger partial charge is 0.0625 e. The molecular formula is C32H54O. The van der Waals surface area contributed by atoms with Gasteiger partial charge in [0, 0.05) is 7.11 Å². The molecule has 0 spiro atoms. The van der Waals surface area contributed by atoms with Crippen molar-refractivity contribution in [1.82, 2.24) is 0 Å². The summed E-state index contributed by atoms with van der Waals surface area (Å²) in [6.45, 7) is 23.8. The summed E-state index contributed by atoms with van der Waals surface area (Å²) in [5.41, 5.74) is 4.17. The molecule has 0 aliphatic heterocycles. The van der Waals surface area contributed by atoms with Crippen LogP contribution in [0.3, 0.4) is 0 Å². The van der Waals surface area contributed by atoms with Gasteiger partial charge in [0.05, 0.1) is 6.10 Å². The summed E-state index contributed by atoms with van der Waals surface area (Å²) in [5, 5.41) is 0. The molecule has 0 aromatic rings. The van der Waals surface area contributed by atoms with Gasteiger partial charge >= 0.3 is 0 Å². The van der Waals surface area contributed by atoms with Gasteiger partial charge in [-0.3, -0.25) is 0 Å². The molecular weight excluding hydrogens is 400 g/mol. The lowest BCUT2D eigenvalue weighted by Gasteiger charge is -2.76. The summed E-state index contributed by atoms with van der Waals surface area (Å²) in [5.74, 6) is 3.24. The molecule has 10 atom stereocenters. The topological polar surface area (TPSA) is 9.23 Å². The van der Waals surface area contributed by atoms with E-state index in [0.29, 0.717) is 33.2 Å². The van der Waals surface area contributed by atoms with E-state index in [1.54, 1.807) is 0 Å². The Morgan fingerprint density at radius 2 is 1.48 bits per heavy atom. The summed E-state index contributed by atoms with van der Waals surface area (Å²) in [6, 6.07) is 0. The molecule has 5 rings (SSSR count). The molecule has 0 bridgehead atoms. The van der Waals surface area contributed by atoms with Crippen molar-refractivity contribution in [2.75, 3.05) is 7.11 Å². The SMILES string of the molecule is COC1CCC2(C)C(CCC3(C)C4(C)CCC5(C)CCC(C)C(C)C5C4=CCC23C)C1(C)C. The number of ether oxygens (including phenoxy) is 1. The normalized spacial score (nSPS) is 57.8. The first-order valence-electron chi connectivity index (χ1n) is 14.5. The van der Waals surface area contributed by atoms with Gasteiger partial charge in [-0.25, -0.2) is 0 Å². The van der Waals surface area contributed by atoms with Crippen LogP contribution in [0.1, 0.15) is 120 Å². The number of fused-ring (bicyclic) bond motifs is 7. The Morgan fingerprint density at radius 1 is 0.788 bits per heavy atom. The highest BCUT2D eigenvalue weighted by atomic mass is 16.5. The Bertz CT molecular complexity index is 839. The third-order valence-electron chi connectivity index (χ3n) is 14.6. The van der Waals surface area contributed by atoms with Crippen LogP contribution in [0.5, 0.6) is 0 Å². The zero-order chi connectivity index (χ0) is 24.2. The van der Waals surface area contributed by atoms with Crippen LogP contribution in [0.2, 0.25) is 0 Å². The average molecular weight is 455 g/mol. The molecule has 0 radical (unpaired) electrons. The van der Waals surface area contributed by atoms with Crippen molar-refractivity contribution in [1.29, 1.82) is 0 Å². The van der Waals surface area contributed by atoms with Gasteiger partial charge in [-0.1, -0.05) is 74.0 Å². The predicted molar refractivity (Wildman–Crippen MR) is 140 cm³/mol. The maximum Gasteiger partial charge on any atom is 0.0625 e. The molecule has 1 nitrogen and oxygen atoms in total. The lowest BCUT2D eigenvalue weighted by atomic mass is 9.29. The van der Waals surface area contributed by atoms with Crippen LogP contribution in [0.15, 0.2) is 11.6 Å². The minimum Gasteiger partial charge on any atom is -0.381 e. The van der Waals surface area contributed by atoms with E-state index in [9.17, 15) is 0 Å². The van der Waals surface area contributed by atoms with Gasteiger partial charge in [0.1, 0.15) is 0 Å². The van der Waals surface area contributed by atoms with E-state index in [1.807, 2.05) is 12.7 Å². The number of hydrogen-bond acceptors (Lipinski definition) is 1. The summed E-state index contributed by atoms with van der Waals surface area (Å²) in [4.78, 5) is 0. The molecule has 4 fully saturated rings. The second-order valence-corrected chi connectivity index (χ2v) is 15.5. The number of hydrogen-bond donors (Lipinski definition) is 0. The van der Waals surface area contributed by atoms with Crippen molar-refractivity contribution >= 4 is 0 Å². The first kappa shape index (κ1) is 24.4. The molecule has 1 heteroatoms. The van der Waals surface area contributed by atoms with Gasteiger partial charge < -0.3 is 4.74 Å². The molecule has 33 heavy (non-hydrogen) atoms. The fraction of sp³-hybridized carbons (Fsp3) is 0.938. The van der Waals surface area contributed by atoms with Crippen molar-refractivity contribution in [2.45, 2.75) is 126 Å². The standard InChI is InChI=1S/C32H54O/c1-21-11-15-28(5)19-20-29(6)23(26(28)22(21)2)12-17-32(9)30(7)16-14-25(33-10)27(3,4)24(30)13-18-31(29,32)8/h12,21-22,24-26H,11,13-20H2,1-10H3. The lowest BCUT2D eigenvalue weighted by molar-refractivity contribution is -0.252. The molecule has 10 unspecified atom stereocenters. The van der Waals surface area contributed by atoms with Gasteiger partial charge in [0.2, 0.25) is 0 Å². The van der Waals surface area contributed by atoms with Gasteiger partial charge in [-0.2, -0.15) is 0 Å². The highest BCUT2D eigenvalue weighted by Gasteiger charge is 2.72. The van der Waals surface area contributed by atoms with E-state index in [4.69, 9.17) is 4.74 Å². The summed E-state index contributed by atoms with van der Waals surface area (Å²) >= 11 is 0. The van der Waals surface area contributed by atoms with Crippen molar-refractivity contribution < 1.29 is 4.74 Å². The van der Waals surface area contributed by atoms with Gasteiger partial charge in [0.15, 0.2) is 0 Å². The van der Waals surface area contributed by atoms with Crippen LogP contribution in [0, 0.1) is 56.2 Å². The van der Waals surface area contributed by atoms with E-state index in [1.165, 1.54) is 57.8 Å². The second-order valence-electron chi connectivity index (χ2n) is 15.5. The number of methoxy groups -OCH3 is 1. The number of rotatable bonds is 1. The van der Waals surface area contributed by atoms with Crippen LogP contribution in [0.4, 0.5) is 0 Å². The molecule has 0 N–H and O–H groups in total. The van der Waals surface area contributed by atoms with E-state index in [0.717, 1.165) is 23.7 Å². The highest BCUT2D eigenvalue weighted by molar-refractivity contribution is 5.36. The van der Waals surface area contributed by atoms with E-state index >= 15 is 0 Å². The Kier molecular flexibility index (Phi) is 5.28. The molecule has 5 aliphatic carbocycles. The van der Waals surface area contributed by atoms with Crippen molar-refractivity contribution in [3.63, 3.8) is 0 Å². The molecule has 0 saturated heterocycles. The maximum absolute atomic E-state index is 6.08. The molecule has 0 amide bonds. The Morgan fingerprint density at radius 3 is 2.15 bits per heavy atom. The third-order valence-corrected chi connectivity index (χ3v) is 14.6. The third kappa shape index (κ3) is 2.70. The van der Waals surface area contributed by atoms with Crippen LogP contribution in [-0.2, 0) is 4.74 Å². The minimum atomic E-state index is 0.259. The van der Waals surface area contributed by atoms with E-state index in [2.05, 4.69) is 68.4 Å². The predicted octanol–water partition coefficient (Wildman–Crippen LogP) is 9.07. The van der Waals surface area contributed by atoms with Crippen molar-refractivity contribution in [3.05, 3.63) is 11.6 Å². The largest absolute Gasteiger partial charge is 0.381 e. The van der Waals surface area contributed by atoms with Crippen LogP contribution >= 0.6 is 0 Å². The van der Waals surface area contributed by atoms with E-state index < -0.39 is 0 Å². The fourth-order valence-electron chi connectivity index (χ4n) is 11.6. The maximum atomic E-state index is 6.08. The van der Waals surface area contributed by atoms with Crippen LogP contribution < -0.4 is 0 Å². The summed E-state index contributed by atoms with van der Waals surface area (Å²) in [6.07, 6.45) is 15.6. The first-order chi connectivity index (χ1) is 15.2. The average Bonchev–Trinajstić information content (AvgIpc) is 2.74. The monoisotopic (exact) mass is 454 g/mol. The molecule has 188 valence electrons. The molecule has 0 heterocycles. The second kappa shape index (κ2) is 7.14. The molecule has 0 aromatic heterocycles. The Labute approximate surface area is 205 Å². The Hall–Kier alpha value is -0.300. The van der Waals surface area contributed by atoms with Crippen molar-refractivity contribution in [3.8, 4) is 0 Å². The zero-order valence-electron chi connectivity index (χ0n) is 23.7. The highest BCUT2D eigenvalue weighted by Crippen LogP contribution is 2.80. The quantitative estimate of drug-likeness (QED) is 0.359. The van der Waals surface area contributed by atoms with Crippen molar-refractivity contribution in [2.24, 2.45) is 56.2 Å². The molecule has 4 saturated carbocycles. The first-order valence-corrected chi connectivity index (χ1v) is 14.5. The van der Waals surface area contributed by atoms with Gasteiger partial charge in [-0.15, -0.1) is 0 Å². The summed E-state index contributed by atoms with van der Waals surface area (Å²) < 4.78 is 6.08. The lowest BCUT2D eigenvalue weighted by Crippen LogP contribution is -2.69. The van der Waals surface area contributed by atoms with Crippen LogP contribution in [-0.4, -0.2) is 13.2 Å². The Balaban J connectivity index is 1.62. The summed E-state index contributed by atoms with van der Waals surface area (Å²) in [7, 11) is 1.95. The minimum absolute atomic E-state index is 0.259. The zero-order valence-corrected chi connectivity index (χ0v) is 23.7. The van der Waals surface area contributed by atoms with E-state index in [-0.39, 0.29) is 5.41 Å². The number of allylic oxidation sites excluding steroid dienone is 2. The molecule has 5 aliphatic rings. The fourth-order valence-corrected chi connectivity index (χ4v) is 11.6. The molecule has 0 aromatic carbocycles. The van der Waals surface area contributed by atoms with Crippen LogP contribution in [0.25, 0.3) is 0 Å².